The molecule has 0 aliphatic carbocycles. The number of rotatable bonds is 8. The molecule has 0 aliphatic heterocycles. The zero-order valence-corrected chi connectivity index (χ0v) is 12.3. The monoisotopic (exact) mass is 307 g/mol. The van der Waals surface area contributed by atoms with Crippen molar-refractivity contribution in [1.82, 2.24) is 5.32 Å². The lowest BCUT2D eigenvalue weighted by Crippen LogP contribution is -2.34. The van der Waals surface area contributed by atoms with Gasteiger partial charge in [-0.25, -0.2) is 0 Å². The molecule has 0 heterocycles. The van der Waals surface area contributed by atoms with E-state index in [0.717, 1.165) is 0 Å². The number of hydrogen-bond donors (Lipinski definition) is 3. The Bertz CT molecular complexity index is 370. The minimum absolute atomic E-state index is 0.101. The van der Waals surface area contributed by atoms with E-state index in [-0.39, 0.29) is 19.1 Å². The summed E-state index contributed by atoms with van der Waals surface area (Å²) in [5, 5.41) is 22.5. The quantitative estimate of drug-likeness (QED) is 0.687. The molecule has 0 bridgehead atoms. The Labute approximate surface area is 123 Å². The summed E-state index contributed by atoms with van der Waals surface area (Å²) in [7, 11) is 0. The number of aliphatic hydroxyl groups is 2. The second kappa shape index (κ2) is 8.61. The van der Waals surface area contributed by atoms with Crippen LogP contribution in [0.2, 0.25) is 10.0 Å². The average molecular weight is 308 g/mol. The van der Waals surface area contributed by atoms with Gasteiger partial charge in [0.2, 0.25) is 0 Å². The zero-order valence-electron chi connectivity index (χ0n) is 10.8. The summed E-state index contributed by atoms with van der Waals surface area (Å²) in [5.41, 5.74) is 0. The number of para-hydroxylation sites is 1. The summed E-state index contributed by atoms with van der Waals surface area (Å²) in [5.74, 6) is 0.541. The fraction of sp³-hybridized carbons (Fsp3) is 0.538. The third-order valence-corrected chi connectivity index (χ3v) is 3.12. The second-order valence-electron chi connectivity index (χ2n) is 4.46. The van der Waals surface area contributed by atoms with Crippen LogP contribution in [0, 0.1) is 5.92 Å². The highest BCUT2D eigenvalue weighted by Gasteiger charge is 2.10. The fourth-order valence-electron chi connectivity index (χ4n) is 1.42. The molecule has 0 radical (unpaired) electrons. The fourth-order valence-corrected chi connectivity index (χ4v) is 1.93. The Kier molecular flexibility index (Phi) is 7.49. The highest BCUT2D eigenvalue weighted by molar-refractivity contribution is 6.37. The van der Waals surface area contributed by atoms with Crippen molar-refractivity contribution in [2.45, 2.75) is 13.0 Å². The molecule has 2 atom stereocenters. The first kappa shape index (κ1) is 16.5. The van der Waals surface area contributed by atoms with Gasteiger partial charge in [0.05, 0.1) is 10.0 Å². The third kappa shape index (κ3) is 5.97. The van der Waals surface area contributed by atoms with Crippen molar-refractivity contribution in [3.8, 4) is 5.75 Å². The van der Waals surface area contributed by atoms with Crippen LogP contribution in [-0.2, 0) is 0 Å². The first-order valence-corrected chi connectivity index (χ1v) is 6.86. The second-order valence-corrected chi connectivity index (χ2v) is 5.28. The number of benzene rings is 1. The van der Waals surface area contributed by atoms with Crippen LogP contribution in [0.4, 0.5) is 0 Å². The number of aliphatic hydroxyl groups excluding tert-OH is 2. The number of halogens is 2. The molecule has 6 heteroatoms. The van der Waals surface area contributed by atoms with Crippen LogP contribution < -0.4 is 10.1 Å². The molecular formula is C13H19Cl2NO3. The normalized spacial score (nSPS) is 14.2. The van der Waals surface area contributed by atoms with Gasteiger partial charge in [0.25, 0.3) is 0 Å². The number of hydrogen-bond acceptors (Lipinski definition) is 4. The maximum absolute atomic E-state index is 9.74. The average Bonchev–Trinajstić information content (AvgIpc) is 2.38. The van der Waals surface area contributed by atoms with E-state index in [1.165, 1.54) is 0 Å². The van der Waals surface area contributed by atoms with Gasteiger partial charge < -0.3 is 20.3 Å². The Morgan fingerprint density at radius 3 is 2.47 bits per heavy atom. The SMILES string of the molecule is CC(CO)CNCC(O)COc1c(Cl)cccc1Cl. The van der Waals surface area contributed by atoms with E-state index in [4.69, 9.17) is 33.0 Å². The lowest BCUT2D eigenvalue weighted by atomic mass is 10.2. The third-order valence-electron chi connectivity index (χ3n) is 2.52. The molecule has 1 rings (SSSR count). The summed E-state index contributed by atoms with van der Waals surface area (Å²) in [6.45, 7) is 3.16. The van der Waals surface area contributed by atoms with Gasteiger partial charge >= 0.3 is 0 Å². The van der Waals surface area contributed by atoms with Crippen LogP contribution in [0.1, 0.15) is 6.92 Å². The lowest BCUT2D eigenvalue weighted by Gasteiger charge is -2.16. The van der Waals surface area contributed by atoms with Crippen LogP contribution in [0.25, 0.3) is 0 Å². The van der Waals surface area contributed by atoms with E-state index in [9.17, 15) is 5.11 Å². The molecule has 0 aromatic heterocycles. The summed E-state index contributed by atoms with van der Waals surface area (Å²) in [4.78, 5) is 0. The van der Waals surface area contributed by atoms with E-state index in [2.05, 4.69) is 5.32 Å². The first-order valence-electron chi connectivity index (χ1n) is 6.11. The van der Waals surface area contributed by atoms with Gasteiger partial charge in [0.15, 0.2) is 5.75 Å². The molecule has 0 aliphatic rings. The largest absolute Gasteiger partial charge is 0.488 e. The molecule has 2 unspecified atom stereocenters. The smallest absolute Gasteiger partial charge is 0.156 e. The predicted octanol–water partition coefficient (Wildman–Crippen LogP) is 1.95. The molecule has 4 nitrogen and oxygen atoms in total. The maximum Gasteiger partial charge on any atom is 0.156 e. The Morgan fingerprint density at radius 1 is 1.26 bits per heavy atom. The Morgan fingerprint density at radius 2 is 1.89 bits per heavy atom. The van der Waals surface area contributed by atoms with Gasteiger partial charge in [-0.3, -0.25) is 0 Å². The lowest BCUT2D eigenvalue weighted by molar-refractivity contribution is 0.104. The molecule has 0 fully saturated rings. The topological polar surface area (TPSA) is 61.7 Å². The molecule has 3 N–H and O–H groups in total. The molecule has 108 valence electrons. The highest BCUT2D eigenvalue weighted by atomic mass is 35.5. The van der Waals surface area contributed by atoms with Gasteiger partial charge in [0.1, 0.15) is 12.7 Å². The van der Waals surface area contributed by atoms with Crippen LogP contribution in [0.3, 0.4) is 0 Å². The first-order chi connectivity index (χ1) is 9.04. The van der Waals surface area contributed by atoms with E-state index in [0.29, 0.717) is 28.9 Å². The van der Waals surface area contributed by atoms with Gasteiger partial charge in [-0.1, -0.05) is 36.2 Å². The van der Waals surface area contributed by atoms with Gasteiger partial charge in [-0.2, -0.15) is 0 Å². The van der Waals surface area contributed by atoms with Crippen molar-refractivity contribution in [3.05, 3.63) is 28.2 Å². The minimum Gasteiger partial charge on any atom is -0.488 e. The van der Waals surface area contributed by atoms with Gasteiger partial charge in [-0.05, 0) is 24.6 Å². The van der Waals surface area contributed by atoms with Gasteiger partial charge in [-0.15, -0.1) is 0 Å². The van der Waals surface area contributed by atoms with E-state index in [1.54, 1.807) is 18.2 Å². The van der Waals surface area contributed by atoms with E-state index < -0.39 is 6.10 Å². The van der Waals surface area contributed by atoms with Crippen molar-refractivity contribution >= 4 is 23.2 Å². The van der Waals surface area contributed by atoms with Crippen molar-refractivity contribution in [2.24, 2.45) is 5.92 Å². The van der Waals surface area contributed by atoms with E-state index in [1.807, 2.05) is 6.92 Å². The van der Waals surface area contributed by atoms with Crippen molar-refractivity contribution in [3.63, 3.8) is 0 Å². The number of nitrogens with one attached hydrogen (secondary N) is 1. The van der Waals surface area contributed by atoms with Crippen molar-refractivity contribution in [2.75, 3.05) is 26.3 Å². The zero-order chi connectivity index (χ0) is 14.3. The van der Waals surface area contributed by atoms with Crippen LogP contribution in [0.5, 0.6) is 5.75 Å². The molecule has 0 amide bonds. The summed E-state index contributed by atoms with van der Waals surface area (Å²) in [6.07, 6.45) is -0.668. The molecule has 0 saturated carbocycles. The van der Waals surface area contributed by atoms with Crippen LogP contribution >= 0.6 is 23.2 Å². The summed E-state index contributed by atoms with van der Waals surface area (Å²) >= 11 is 11.9. The summed E-state index contributed by atoms with van der Waals surface area (Å²) < 4.78 is 5.41. The Hall–Kier alpha value is -0.520. The van der Waals surface area contributed by atoms with E-state index >= 15 is 0 Å². The molecular weight excluding hydrogens is 289 g/mol. The molecule has 19 heavy (non-hydrogen) atoms. The van der Waals surface area contributed by atoms with Crippen LogP contribution in [-0.4, -0.2) is 42.6 Å². The molecule has 1 aromatic rings. The van der Waals surface area contributed by atoms with Crippen molar-refractivity contribution < 1.29 is 14.9 Å². The maximum atomic E-state index is 9.74. The molecule has 0 saturated heterocycles. The number of ether oxygens (including phenoxy) is 1. The standard InChI is InChI=1S/C13H19Cl2NO3/c1-9(7-17)5-16-6-10(18)8-19-13-11(14)3-2-4-12(13)15/h2-4,9-10,16-18H,5-8H2,1H3. The minimum atomic E-state index is -0.668. The van der Waals surface area contributed by atoms with Crippen LogP contribution in [0.15, 0.2) is 18.2 Å². The van der Waals surface area contributed by atoms with Crippen molar-refractivity contribution in [1.29, 1.82) is 0 Å². The predicted molar refractivity (Wildman–Crippen MR) is 77.1 cm³/mol. The molecule has 1 aromatic carbocycles. The highest BCUT2D eigenvalue weighted by Crippen LogP contribution is 2.32. The summed E-state index contributed by atoms with van der Waals surface area (Å²) in [6, 6.07) is 5.08. The Balaban J connectivity index is 2.32. The molecule has 0 spiro atoms. The van der Waals surface area contributed by atoms with Gasteiger partial charge in [0, 0.05) is 13.2 Å².